The molecule has 0 saturated heterocycles. The molecule has 5 aromatic rings. The summed E-state index contributed by atoms with van der Waals surface area (Å²) in [5, 5.41) is 11.7. The highest BCUT2D eigenvalue weighted by molar-refractivity contribution is 8.10. The fraction of sp³-hybridized carbons (Fsp3) is 0.125. The van der Waals surface area contributed by atoms with Gasteiger partial charge in [-0.1, -0.05) is 47.5 Å². The van der Waals surface area contributed by atoms with Crippen molar-refractivity contribution >= 4 is 42.6 Å². The zero-order chi connectivity index (χ0) is 31.6. The van der Waals surface area contributed by atoms with Crippen molar-refractivity contribution in [2.45, 2.75) is 23.6 Å². The lowest BCUT2D eigenvalue weighted by Gasteiger charge is -2.24. The van der Waals surface area contributed by atoms with Gasteiger partial charge in [0, 0.05) is 17.5 Å². The second-order valence-corrected chi connectivity index (χ2v) is 13.9. The van der Waals surface area contributed by atoms with Gasteiger partial charge in [-0.2, -0.15) is 3.71 Å². The molecule has 2 N–H and O–H groups in total. The molecule has 0 radical (unpaired) electrons. The molecule has 4 aromatic carbocycles. The van der Waals surface area contributed by atoms with E-state index >= 15 is 0 Å². The third-order valence-electron chi connectivity index (χ3n) is 6.86. The Kier molecular flexibility index (Phi) is 8.42. The Labute approximate surface area is 254 Å². The van der Waals surface area contributed by atoms with Gasteiger partial charge in [0.05, 0.1) is 27.6 Å². The van der Waals surface area contributed by atoms with Crippen LogP contribution in [0.2, 0.25) is 0 Å². The van der Waals surface area contributed by atoms with E-state index in [1.54, 1.807) is 50.2 Å². The molecule has 0 fully saturated rings. The van der Waals surface area contributed by atoms with E-state index in [0.717, 1.165) is 11.1 Å². The van der Waals surface area contributed by atoms with Gasteiger partial charge in [-0.15, -0.1) is 0 Å². The molecule has 10 nitrogen and oxygen atoms in total. The normalized spacial score (nSPS) is 11.8. The van der Waals surface area contributed by atoms with E-state index in [1.807, 2.05) is 0 Å². The van der Waals surface area contributed by atoms with Gasteiger partial charge in [-0.05, 0) is 80.1 Å². The van der Waals surface area contributed by atoms with E-state index in [4.69, 9.17) is 9.52 Å². The van der Waals surface area contributed by atoms with Crippen molar-refractivity contribution in [3.05, 3.63) is 124 Å². The molecule has 12 heteroatoms. The Hall–Kier alpha value is -4.78. The molecule has 0 atom stereocenters. The van der Waals surface area contributed by atoms with Crippen LogP contribution in [0, 0.1) is 13.8 Å². The minimum atomic E-state index is -4.65. The largest absolute Gasteiger partial charge is 0.422 e. The van der Waals surface area contributed by atoms with Crippen LogP contribution >= 0.6 is 0 Å². The molecule has 0 bridgehead atoms. The van der Waals surface area contributed by atoms with Crippen LogP contribution in [0.25, 0.3) is 22.1 Å². The molecule has 1 aromatic heterocycles. The number of rotatable bonds is 9. The lowest BCUT2D eigenvalue weighted by atomic mass is 10.0. The quantitative estimate of drug-likeness (QED) is 0.227. The standard InChI is InChI=1S/C32H28N2O8S2/c1-21-3-12-27(13-4-21)43(38,39)34(44(40,41)28-14-5-22(2)6-15-28)26-11-16-30-25(19-26)20-29(32(37)42-30)23-7-9-24(10-8-23)31(36)33-17-18-35/h3-16,19-20,35H,17-18H2,1-2H3,(H,33,36). The van der Waals surface area contributed by atoms with Crippen LogP contribution in [0.4, 0.5) is 5.69 Å². The second-order valence-electron chi connectivity index (χ2n) is 10.1. The SMILES string of the molecule is Cc1ccc(S(=O)(=O)N(c2ccc3oc(=O)c(-c4ccc(C(=O)NCCO)cc4)cc3c2)S(=O)(=O)c2ccc(C)cc2)cc1. The third kappa shape index (κ3) is 6.00. The van der Waals surface area contributed by atoms with Crippen molar-refractivity contribution < 1.29 is 31.2 Å². The lowest BCUT2D eigenvalue weighted by molar-refractivity contribution is 0.0944. The van der Waals surface area contributed by atoms with Gasteiger partial charge in [0.15, 0.2) is 0 Å². The van der Waals surface area contributed by atoms with Gasteiger partial charge in [-0.3, -0.25) is 4.79 Å². The maximum atomic E-state index is 14.0. The van der Waals surface area contributed by atoms with Crippen LogP contribution in [0.15, 0.2) is 116 Å². The first-order valence-electron chi connectivity index (χ1n) is 13.4. The van der Waals surface area contributed by atoms with Gasteiger partial charge in [0.1, 0.15) is 5.58 Å². The number of benzene rings is 4. The summed E-state index contributed by atoms with van der Waals surface area (Å²) in [6.45, 7) is 3.45. The zero-order valence-corrected chi connectivity index (χ0v) is 25.4. The Balaban J connectivity index is 1.64. The topological polar surface area (TPSA) is 151 Å². The molecular weight excluding hydrogens is 604 g/mol. The Bertz CT molecular complexity index is 2050. The monoisotopic (exact) mass is 632 g/mol. The summed E-state index contributed by atoms with van der Waals surface area (Å²) in [5.74, 6) is -0.398. The second kappa shape index (κ2) is 12.1. The summed E-state index contributed by atoms with van der Waals surface area (Å²) < 4.78 is 61.8. The summed E-state index contributed by atoms with van der Waals surface area (Å²) in [6, 6.07) is 23.2. The molecule has 0 aliphatic carbocycles. The number of aryl methyl sites for hydroxylation is 2. The third-order valence-corrected chi connectivity index (χ3v) is 11.1. The van der Waals surface area contributed by atoms with Crippen LogP contribution in [0.1, 0.15) is 21.5 Å². The number of nitrogens with zero attached hydrogens (tertiary/aromatic N) is 1. The van der Waals surface area contributed by atoms with Gasteiger partial charge >= 0.3 is 5.63 Å². The molecule has 0 aliphatic rings. The number of aliphatic hydroxyl groups is 1. The van der Waals surface area contributed by atoms with Gasteiger partial charge in [0.25, 0.3) is 26.0 Å². The van der Waals surface area contributed by atoms with Crippen LogP contribution < -0.4 is 14.7 Å². The fourth-order valence-electron chi connectivity index (χ4n) is 4.52. The van der Waals surface area contributed by atoms with Crippen molar-refractivity contribution in [2.24, 2.45) is 0 Å². The molecule has 1 amide bonds. The van der Waals surface area contributed by atoms with Crippen molar-refractivity contribution in [3.63, 3.8) is 0 Å². The average Bonchev–Trinajstić information content (AvgIpc) is 3.00. The number of sulfonamides is 2. The molecule has 44 heavy (non-hydrogen) atoms. The van der Waals surface area contributed by atoms with Crippen molar-refractivity contribution in [1.29, 1.82) is 0 Å². The van der Waals surface area contributed by atoms with Crippen molar-refractivity contribution in [3.8, 4) is 11.1 Å². The number of hydrogen-bond acceptors (Lipinski definition) is 8. The molecule has 0 unspecified atom stereocenters. The molecule has 5 rings (SSSR count). The summed E-state index contributed by atoms with van der Waals surface area (Å²) in [5.41, 5.74) is 1.68. The van der Waals surface area contributed by atoms with E-state index in [9.17, 15) is 26.4 Å². The smallest absolute Gasteiger partial charge is 0.344 e. The molecule has 226 valence electrons. The Morgan fingerprint density at radius 2 is 1.32 bits per heavy atom. The van der Waals surface area contributed by atoms with E-state index in [0.29, 0.717) is 14.8 Å². The Morgan fingerprint density at radius 1 is 0.773 bits per heavy atom. The summed E-state index contributed by atoms with van der Waals surface area (Å²) in [7, 11) is -9.29. The number of anilines is 1. The van der Waals surface area contributed by atoms with Gasteiger partial charge in [-0.25, -0.2) is 21.6 Å². The van der Waals surface area contributed by atoms with Crippen LogP contribution in [-0.2, 0) is 20.0 Å². The number of carbonyl (C=O) groups excluding carboxylic acids is 1. The van der Waals surface area contributed by atoms with Crippen molar-refractivity contribution in [1.82, 2.24) is 5.32 Å². The van der Waals surface area contributed by atoms with Gasteiger partial charge < -0.3 is 14.8 Å². The number of aliphatic hydroxyl groups excluding tert-OH is 1. The number of fused-ring (bicyclic) bond motifs is 1. The predicted molar refractivity (Wildman–Crippen MR) is 167 cm³/mol. The number of hydrogen-bond donors (Lipinski definition) is 2. The maximum Gasteiger partial charge on any atom is 0.344 e. The average molecular weight is 633 g/mol. The summed E-state index contributed by atoms with van der Waals surface area (Å²) in [6.07, 6.45) is 0. The minimum Gasteiger partial charge on any atom is -0.422 e. The van der Waals surface area contributed by atoms with Crippen LogP contribution in [0.5, 0.6) is 0 Å². The zero-order valence-electron chi connectivity index (χ0n) is 23.7. The molecule has 0 aliphatic heterocycles. The minimum absolute atomic E-state index is 0.0907. The highest BCUT2D eigenvalue weighted by Crippen LogP contribution is 2.34. The van der Waals surface area contributed by atoms with Crippen LogP contribution in [-0.4, -0.2) is 41.0 Å². The first kappa shape index (κ1) is 30.7. The number of carbonyl (C=O) groups is 1. The molecule has 1 heterocycles. The summed E-state index contributed by atoms with van der Waals surface area (Å²) in [4.78, 5) is 24.6. The molecular formula is C32H28N2O8S2. The number of amides is 1. The van der Waals surface area contributed by atoms with Crippen LogP contribution in [0.3, 0.4) is 0 Å². The van der Waals surface area contributed by atoms with Gasteiger partial charge in [0.2, 0.25) is 0 Å². The first-order chi connectivity index (χ1) is 20.9. The first-order valence-corrected chi connectivity index (χ1v) is 16.3. The molecule has 0 saturated carbocycles. The highest BCUT2D eigenvalue weighted by Gasteiger charge is 2.37. The highest BCUT2D eigenvalue weighted by atomic mass is 32.3. The lowest BCUT2D eigenvalue weighted by Crippen LogP contribution is -2.37. The summed E-state index contributed by atoms with van der Waals surface area (Å²) >= 11 is 0. The van der Waals surface area contributed by atoms with E-state index in [-0.39, 0.29) is 45.2 Å². The van der Waals surface area contributed by atoms with E-state index in [2.05, 4.69) is 5.32 Å². The van der Waals surface area contributed by atoms with E-state index < -0.39 is 31.6 Å². The van der Waals surface area contributed by atoms with Crippen molar-refractivity contribution in [2.75, 3.05) is 16.9 Å². The molecule has 0 spiro atoms. The Morgan fingerprint density at radius 3 is 1.84 bits per heavy atom. The fourth-order valence-corrected chi connectivity index (χ4v) is 8.19. The predicted octanol–water partition coefficient (Wildman–Crippen LogP) is 4.38. The van der Waals surface area contributed by atoms with E-state index in [1.165, 1.54) is 60.7 Å². The maximum absolute atomic E-state index is 14.0. The number of nitrogens with one attached hydrogen (secondary N) is 1.